The molecule has 2 aromatic carbocycles. The van der Waals surface area contributed by atoms with Crippen LogP contribution in [0.5, 0.6) is 0 Å². The van der Waals surface area contributed by atoms with Crippen LogP contribution in [0.4, 0.5) is 5.13 Å². The molecule has 0 aliphatic heterocycles. The second-order valence-corrected chi connectivity index (χ2v) is 10.5. The number of hydrogen-bond donors (Lipinski definition) is 1. The monoisotopic (exact) mass is 467 g/mol. The minimum Gasteiger partial charge on any atom is -0.459 e. The number of benzene rings is 2. The van der Waals surface area contributed by atoms with Crippen molar-refractivity contribution < 1.29 is 17.6 Å². The summed E-state index contributed by atoms with van der Waals surface area (Å²) in [6.07, 6.45) is 1.30. The molecule has 0 fully saturated rings. The number of amides is 1. The Bertz CT molecular complexity index is 1330. The second kappa shape index (κ2) is 9.05. The van der Waals surface area contributed by atoms with E-state index >= 15 is 0 Å². The summed E-state index contributed by atoms with van der Waals surface area (Å²) in [6.45, 7) is 4.25. The fraction of sp³-hybridized carbons (Fsp3) is 0.174. The average Bonchev–Trinajstić information content (AvgIpc) is 3.44. The van der Waals surface area contributed by atoms with Gasteiger partial charge in [-0.1, -0.05) is 67.6 Å². The standard InChI is InChI=1S/C23H21N3O4S2/c1-15(2)16-8-10-17(11-9-16)22-25-26-23(31-22)24-21(27)20-18(12-13-30-20)14-32(28,29)19-6-4-3-5-7-19/h3-13,15H,14H2,1-2H3,(H,24,26,27). The average molecular weight is 468 g/mol. The number of sulfone groups is 1. The number of carbonyl (C=O) groups excluding carboxylic acids is 1. The van der Waals surface area contributed by atoms with Crippen LogP contribution in [0.25, 0.3) is 10.6 Å². The van der Waals surface area contributed by atoms with Gasteiger partial charge < -0.3 is 4.42 Å². The number of carbonyl (C=O) groups is 1. The zero-order valence-electron chi connectivity index (χ0n) is 17.5. The molecule has 0 aliphatic carbocycles. The molecule has 2 heterocycles. The Morgan fingerprint density at radius 3 is 2.44 bits per heavy atom. The van der Waals surface area contributed by atoms with Gasteiger partial charge in [0.2, 0.25) is 5.13 Å². The van der Waals surface area contributed by atoms with E-state index in [1.54, 1.807) is 18.2 Å². The van der Waals surface area contributed by atoms with Crippen LogP contribution in [-0.4, -0.2) is 24.5 Å². The molecule has 164 valence electrons. The predicted octanol–water partition coefficient (Wildman–Crippen LogP) is 5.15. The highest BCUT2D eigenvalue weighted by Crippen LogP contribution is 2.28. The van der Waals surface area contributed by atoms with Gasteiger partial charge in [-0.25, -0.2) is 8.42 Å². The van der Waals surface area contributed by atoms with Gasteiger partial charge in [-0.05, 0) is 29.7 Å². The Morgan fingerprint density at radius 2 is 1.75 bits per heavy atom. The molecular formula is C23H21N3O4S2. The number of aromatic nitrogens is 2. The Balaban J connectivity index is 1.48. The summed E-state index contributed by atoms with van der Waals surface area (Å²) in [5.41, 5.74) is 2.41. The van der Waals surface area contributed by atoms with E-state index in [0.29, 0.717) is 16.1 Å². The highest BCUT2D eigenvalue weighted by molar-refractivity contribution is 7.90. The lowest BCUT2D eigenvalue weighted by Crippen LogP contribution is -2.14. The van der Waals surface area contributed by atoms with Gasteiger partial charge in [-0.2, -0.15) is 0 Å². The molecule has 4 rings (SSSR count). The van der Waals surface area contributed by atoms with Gasteiger partial charge in [-0.3, -0.25) is 10.1 Å². The van der Waals surface area contributed by atoms with E-state index in [1.807, 2.05) is 24.3 Å². The van der Waals surface area contributed by atoms with Crippen LogP contribution >= 0.6 is 11.3 Å². The molecule has 4 aromatic rings. The number of hydrogen-bond acceptors (Lipinski definition) is 7. The minimum absolute atomic E-state index is 0.0671. The van der Waals surface area contributed by atoms with Crippen LogP contribution in [0.1, 0.15) is 41.4 Å². The lowest BCUT2D eigenvalue weighted by molar-refractivity contribution is 0.0995. The smallest absolute Gasteiger partial charge is 0.293 e. The molecule has 0 atom stereocenters. The zero-order chi connectivity index (χ0) is 22.7. The number of nitrogens with zero attached hydrogens (tertiary/aromatic N) is 2. The van der Waals surface area contributed by atoms with Crippen LogP contribution in [0.15, 0.2) is 76.2 Å². The molecule has 1 N–H and O–H groups in total. The summed E-state index contributed by atoms with van der Waals surface area (Å²) in [7, 11) is -3.62. The number of furan rings is 1. The van der Waals surface area contributed by atoms with Gasteiger partial charge in [0, 0.05) is 11.1 Å². The lowest BCUT2D eigenvalue weighted by atomic mass is 10.0. The molecular weight excluding hydrogens is 446 g/mol. The molecule has 0 aliphatic rings. The molecule has 0 saturated heterocycles. The molecule has 0 bridgehead atoms. The van der Waals surface area contributed by atoms with E-state index in [0.717, 1.165) is 5.56 Å². The second-order valence-electron chi connectivity index (χ2n) is 7.49. The quantitative estimate of drug-likeness (QED) is 0.403. The molecule has 0 saturated carbocycles. The summed E-state index contributed by atoms with van der Waals surface area (Å²) < 4.78 is 30.6. The van der Waals surface area contributed by atoms with Crippen molar-refractivity contribution in [2.75, 3.05) is 5.32 Å². The summed E-state index contributed by atoms with van der Waals surface area (Å²) in [4.78, 5) is 12.9. The van der Waals surface area contributed by atoms with Gasteiger partial charge in [0.1, 0.15) is 5.01 Å². The van der Waals surface area contributed by atoms with Crippen molar-refractivity contribution in [2.45, 2.75) is 30.4 Å². The lowest BCUT2D eigenvalue weighted by Gasteiger charge is -2.05. The number of anilines is 1. The van der Waals surface area contributed by atoms with Gasteiger partial charge >= 0.3 is 0 Å². The molecule has 2 aromatic heterocycles. The van der Waals surface area contributed by atoms with Crippen molar-refractivity contribution in [1.82, 2.24) is 10.2 Å². The fourth-order valence-corrected chi connectivity index (χ4v) is 5.24. The van der Waals surface area contributed by atoms with Crippen LogP contribution in [0, 0.1) is 0 Å². The van der Waals surface area contributed by atoms with E-state index in [2.05, 4.69) is 29.4 Å². The Kier molecular flexibility index (Phi) is 6.20. The first-order chi connectivity index (χ1) is 15.3. The first-order valence-corrected chi connectivity index (χ1v) is 12.4. The van der Waals surface area contributed by atoms with Crippen molar-refractivity contribution in [1.29, 1.82) is 0 Å². The fourth-order valence-electron chi connectivity index (χ4n) is 3.12. The summed E-state index contributed by atoms with van der Waals surface area (Å²) >= 11 is 1.23. The first-order valence-electron chi connectivity index (χ1n) is 9.93. The third-order valence-corrected chi connectivity index (χ3v) is 7.44. The molecule has 7 nitrogen and oxygen atoms in total. The van der Waals surface area contributed by atoms with E-state index in [-0.39, 0.29) is 22.0 Å². The van der Waals surface area contributed by atoms with E-state index < -0.39 is 15.7 Å². The van der Waals surface area contributed by atoms with Crippen LogP contribution < -0.4 is 5.32 Å². The minimum atomic E-state index is -3.62. The normalized spacial score (nSPS) is 11.6. The molecule has 0 radical (unpaired) electrons. The Morgan fingerprint density at radius 1 is 1.03 bits per heavy atom. The van der Waals surface area contributed by atoms with E-state index in [1.165, 1.54) is 41.4 Å². The maximum absolute atomic E-state index is 12.7. The number of rotatable bonds is 7. The molecule has 1 amide bonds. The third kappa shape index (κ3) is 4.79. The van der Waals surface area contributed by atoms with Gasteiger partial charge in [-0.15, -0.1) is 10.2 Å². The predicted molar refractivity (Wildman–Crippen MR) is 123 cm³/mol. The first kappa shape index (κ1) is 21.9. The molecule has 0 spiro atoms. The maximum Gasteiger partial charge on any atom is 0.293 e. The molecule has 0 unspecified atom stereocenters. The van der Waals surface area contributed by atoms with E-state index in [9.17, 15) is 13.2 Å². The van der Waals surface area contributed by atoms with Crippen molar-refractivity contribution in [2.24, 2.45) is 0 Å². The topological polar surface area (TPSA) is 102 Å². The Labute approximate surface area is 190 Å². The highest BCUT2D eigenvalue weighted by Gasteiger charge is 2.23. The van der Waals surface area contributed by atoms with E-state index in [4.69, 9.17) is 4.42 Å². The summed E-state index contributed by atoms with van der Waals surface area (Å²) in [5, 5.41) is 11.8. The van der Waals surface area contributed by atoms with Gasteiger partial charge in [0.15, 0.2) is 15.6 Å². The maximum atomic E-state index is 12.7. The Hall–Kier alpha value is -3.30. The largest absolute Gasteiger partial charge is 0.459 e. The van der Waals surface area contributed by atoms with Crippen molar-refractivity contribution >= 4 is 32.2 Å². The van der Waals surface area contributed by atoms with Crippen LogP contribution in [0.3, 0.4) is 0 Å². The molecule has 9 heteroatoms. The van der Waals surface area contributed by atoms with Crippen LogP contribution in [-0.2, 0) is 15.6 Å². The SMILES string of the molecule is CC(C)c1ccc(-c2nnc(NC(=O)c3occc3CS(=O)(=O)c3ccccc3)s2)cc1. The van der Waals surface area contributed by atoms with Crippen molar-refractivity contribution in [3.8, 4) is 10.6 Å². The van der Waals surface area contributed by atoms with Crippen molar-refractivity contribution in [3.63, 3.8) is 0 Å². The number of nitrogens with one attached hydrogen (secondary N) is 1. The summed E-state index contributed by atoms with van der Waals surface area (Å²) in [6, 6.07) is 17.6. The van der Waals surface area contributed by atoms with Gasteiger partial charge in [0.25, 0.3) is 5.91 Å². The third-order valence-electron chi connectivity index (χ3n) is 4.87. The van der Waals surface area contributed by atoms with Crippen LogP contribution in [0.2, 0.25) is 0 Å². The molecule has 32 heavy (non-hydrogen) atoms. The van der Waals surface area contributed by atoms with Gasteiger partial charge in [0.05, 0.1) is 16.9 Å². The highest BCUT2D eigenvalue weighted by atomic mass is 32.2. The summed E-state index contributed by atoms with van der Waals surface area (Å²) in [5.74, 6) is -0.560. The zero-order valence-corrected chi connectivity index (χ0v) is 19.1. The van der Waals surface area contributed by atoms with Crippen molar-refractivity contribution in [3.05, 3.63) is 83.8 Å².